The standard InChI is InChI=1S/C14H14N4OS2/c1-9-16-17-14(18(9)7-13(15)19)20-8-11-6-10-4-2-3-5-12(10)21-11/h2-6H,7-8H2,1H3,(H2,15,19). The van der Waals surface area contributed by atoms with Crippen LogP contribution in [0.1, 0.15) is 10.7 Å². The van der Waals surface area contributed by atoms with Crippen LogP contribution < -0.4 is 5.73 Å². The lowest BCUT2D eigenvalue weighted by Crippen LogP contribution is -2.20. The Bertz CT molecular complexity index is 760. The van der Waals surface area contributed by atoms with E-state index in [4.69, 9.17) is 5.73 Å². The van der Waals surface area contributed by atoms with Crippen molar-refractivity contribution >= 4 is 39.1 Å². The first kappa shape index (κ1) is 14.1. The van der Waals surface area contributed by atoms with Crippen LogP contribution in [0, 0.1) is 6.92 Å². The number of fused-ring (bicyclic) bond motifs is 1. The molecule has 3 rings (SSSR count). The van der Waals surface area contributed by atoms with Gasteiger partial charge in [-0.05, 0) is 24.4 Å². The van der Waals surface area contributed by atoms with Crippen LogP contribution in [0.15, 0.2) is 35.5 Å². The number of carbonyl (C=O) groups excluding carboxylic acids is 1. The lowest BCUT2D eigenvalue weighted by atomic mass is 10.2. The molecule has 0 saturated heterocycles. The van der Waals surface area contributed by atoms with Crippen LogP contribution in [0.5, 0.6) is 0 Å². The van der Waals surface area contributed by atoms with E-state index in [1.165, 1.54) is 15.0 Å². The van der Waals surface area contributed by atoms with Gasteiger partial charge < -0.3 is 5.73 Å². The largest absolute Gasteiger partial charge is 0.368 e. The Morgan fingerprint density at radius 1 is 1.38 bits per heavy atom. The van der Waals surface area contributed by atoms with E-state index in [-0.39, 0.29) is 12.5 Å². The van der Waals surface area contributed by atoms with Crippen LogP contribution in [-0.4, -0.2) is 20.7 Å². The third-order valence-electron chi connectivity index (χ3n) is 3.04. The number of rotatable bonds is 5. The third-order valence-corrected chi connectivity index (χ3v) is 5.35. The molecule has 0 bridgehead atoms. The molecule has 0 aliphatic rings. The molecular weight excluding hydrogens is 304 g/mol. The van der Waals surface area contributed by atoms with Crippen LogP contribution in [-0.2, 0) is 17.1 Å². The Labute approximate surface area is 130 Å². The fourth-order valence-electron chi connectivity index (χ4n) is 2.05. The second-order valence-corrected chi connectivity index (χ2v) is 6.73. The van der Waals surface area contributed by atoms with Gasteiger partial charge in [0, 0.05) is 15.3 Å². The van der Waals surface area contributed by atoms with E-state index >= 15 is 0 Å². The van der Waals surface area contributed by atoms with Crippen molar-refractivity contribution < 1.29 is 4.79 Å². The first-order valence-corrected chi connectivity index (χ1v) is 8.22. The molecule has 7 heteroatoms. The molecule has 0 fully saturated rings. The van der Waals surface area contributed by atoms with Crippen LogP contribution in [0.3, 0.4) is 0 Å². The number of aryl methyl sites for hydroxylation is 1. The molecule has 0 aliphatic heterocycles. The van der Waals surface area contributed by atoms with Crippen molar-refractivity contribution in [2.75, 3.05) is 0 Å². The summed E-state index contributed by atoms with van der Waals surface area (Å²) in [4.78, 5) is 12.4. The summed E-state index contributed by atoms with van der Waals surface area (Å²) in [6.07, 6.45) is 0. The molecule has 2 heterocycles. The predicted molar refractivity (Wildman–Crippen MR) is 85.3 cm³/mol. The summed E-state index contributed by atoms with van der Waals surface area (Å²) in [5.74, 6) is 1.12. The van der Waals surface area contributed by atoms with Gasteiger partial charge in [-0.25, -0.2) is 0 Å². The SMILES string of the molecule is Cc1nnc(SCc2cc3ccccc3s2)n1CC(N)=O. The highest BCUT2D eigenvalue weighted by molar-refractivity contribution is 7.98. The smallest absolute Gasteiger partial charge is 0.237 e. The monoisotopic (exact) mass is 318 g/mol. The number of benzene rings is 1. The van der Waals surface area contributed by atoms with E-state index in [9.17, 15) is 4.79 Å². The first-order chi connectivity index (χ1) is 10.1. The normalized spacial score (nSPS) is 11.1. The zero-order valence-corrected chi connectivity index (χ0v) is 13.1. The van der Waals surface area contributed by atoms with Gasteiger partial charge in [-0.3, -0.25) is 9.36 Å². The zero-order valence-electron chi connectivity index (χ0n) is 11.4. The Balaban J connectivity index is 1.77. The predicted octanol–water partition coefficient (Wildman–Crippen LogP) is 2.58. The maximum absolute atomic E-state index is 11.1. The van der Waals surface area contributed by atoms with Crippen molar-refractivity contribution in [3.63, 3.8) is 0 Å². The fourth-order valence-corrected chi connectivity index (χ4v) is 4.13. The number of thiophene rings is 1. The van der Waals surface area contributed by atoms with Gasteiger partial charge in [0.1, 0.15) is 12.4 Å². The number of aromatic nitrogens is 3. The first-order valence-electron chi connectivity index (χ1n) is 6.42. The number of hydrogen-bond acceptors (Lipinski definition) is 5. The van der Waals surface area contributed by atoms with Crippen LogP contribution >= 0.6 is 23.1 Å². The van der Waals surface area contributed by atoms with Crippen molar-refractivity contribution in [1.82, 2.24) is 14.8 Å². The Morgan fingerprint density at radius 2 is 2.19 bits per heavy atom. The van der Waals surface area contributed by atoms with Gasteiger partial charge in [0.25, 0.3) is 0 Å². The van der Waals surface area contributed by atoms with Crippen molar-refractivity contribution in [1.29, 1.82) is 0 Å². The van der Waals surface area contributed by atoms with Crippen molar-refractivity contribution in [3.8, 4) is 0 Å². The molecule has 5 nitrogen and oxygen atoms in total. The molecule has 0 spiro atoms. The fraction of sp³-hybridized carbons (Fsp3) is 0.214. The minimum Gasteiger partial charge on any atom is -0.368 e. The Morgan fingerprint density at radius 3 is 2.95 bits per heavy atom. The van der Waals surface area contributed by atoms with Crippen LogP contribution in [0.4, 0.5) is 0 Å². The summed E-state index contributed by atoms with van der Waals surface area (Å²) in [5, 5.41) is 10.1. The van der Waals surface area contributed by atoms with E-state index < -0.39 is 0 Å². The maximum Gasteiger partial charge on any atom is 0.237 e. The molecule has 2 N–H and O–H groups in total. The summed E-state index contributed by atoms with van der Waals surface area (Å²) < 4.78 is 3.03. The molecule has 108 valence electrons. The van der Waals surface area contributed by atoms with E-state index in [1.807, 2.05) is 19.1 Å². The molecule has 1 amide bonds. The number of nitrogens with two attached hydrogens (primary N) is 1. The number of carbonyl (C=O) groups is 1. The maximum atomic E-state index is 11.1. The lowest BCUT2D eigenvalue weighted by Gasteiger charge is -2.04. The summed E-state index contributed by atoms with van der Waals surface area (Å²) in [7, 11) is 0. The number of amides is 1. The lowest BCUT2D eigenvalue weighted by molar-refractivity contribution is -0.118. The molecule has 0 radical (unpaired) electrons. The average Bonchev–Trinajstić information content (AvgIpc) is 3.01. The summed E-state index contributed by atoms with van der Waals surface area (Å²) in [6.45, 7) is 1.94. The molecule has 21 heavy (non-hydrogen) atoms. The van der Waals surface area contributed by atoms with Gasteiger partial charge >= 0.3 is 0 Å². The molecule has 3 aromatic rings. The Hall–Kier alpha value is -1.86. The molecule has 2 aromatic heterocycles. The number of primary amides is 1. The molecule has 0 unspecified atom stereocenters. The molecular formula is C14H14N4OS2. The minimum absolute atomic E-state index is 0.119. The molecule has 0 saturated carbocycles. The Kier molecular flexibility index (Phi) is 3.94. The van der Waals surface area contributed by atoms with Gasteiger partial charge in [0.2, 0.25) is 5.91 Å². The average molecular weight is 318 g/mol. The number of nitrogens with zero attached hydrogens (tertiary/aromatic N) is 3. The van der Waals surface area contributed by atoms with Crippen LogP contribution in [0.25, 0.3) is 10.1 Å². The topological polar surface area (TPSA) is 73.8 Å². The second kappa shape index (κ2) is 5.87. The highest BCUT2D eigenvalue weighted by Gasteiger charge is 2.12. The van der Waals surface area contributed by atoms with Crippen LogP contribution in [0.2, 0.25) is 0 Å². The summed E-state index contributed by atoms with van der Waals surface area (Å²) >= 11 is 3.34. The van der Waals surface area contributed by atoms with E-state index in [2.05, 4.69) is 28.4 Å². The molecule has 0 atom stereocenters. The van der Waals surface area contributed by atoms with Gasteiger partial charge in [0.05, 0.1) is 0 Å². The molecule has 1 aromatic carbocycles. The van der Waals surface area contributed by atoms with Crippen molar-refractivity contribution in [3.05, 3.63) is 41.0 Å². The van der Waals surface area contributed by atoms with Crippen molar-refractivity contribution in [2.45, 2.75) is 24.4 Å². The van der Waals surface area contributed by atoms with E-state index in [1.54, 1.807) is 27.7 Å². The summed E-state index contributed by atoms with van der Waals surface area (Å²) in [5.41, 5.74) is 5.26. The summed E-state index contributed by atoms with van der Waals surface area (Å²) in [6, 6.07) is 10.5. The van der Waals surface area contributed by atoms with Gasteiger partial charge in [-0.2, -0.15) is 0 Å². The van der Waals surface area contributed by atoms with E-state index in [0.717, 1.165) is 10.9 Å². The van der Waals surface area contributed by atoms with Gasteiger partial charge in [-0.15, -0.1) is 21.5 Å². The van der Waals surface area contributed by atoms with Gasteiger partial charge in [0.15, 0.2) is 5.16 Å². The minimum atomic E-state index is -0.387. The second-order valence-electron chi connectivity index (χ2n) is 4.62. The number of thioether (sulfide) groups is 1. The number of hydrogen-bond donors (Lipinski definition) is 1. The highest BCUT2D eigenvalue weighted by atomic mass is 32.2. The molecule has 0 aliphatic carbocycles. The van der Waals surface area contributed by atoms with Gasteiger partial charge in [-0.1, -0.05) is 30.0 Å². The van der Waals surface area contributed by atoms with Crippen molar-refractivity contribution in [2.24, 2.45) is 5.73 Å². The third kappa shape index (κ3) is 3.08. The quantitative estimate of drug-likeness (QED) is 0.734. The van der Waals surface area contributed by atoms with E-state index in [0.29, 0.717) is 5.82 Å². The zero-order chi connectivity index (χ0) is 14.8. The highest BCUT2D eigenvalue weighted by Crippen LogP contribution is 2.30.